The standard InChI is InChI=1S/C15H21F2NO2/c1-3-4-7-18(8-9-19)11(2)15(20)12-5-6-13(16)14(17)10-12/h5-6,10-11,19H,3-4,7-9H2,1-2H3. The third-order valence-electron chi connectivity index (χ3n) is 3.32. The van der Waals surface area contributed by atoms with Gasteiger partial charge >= 0.3 is 0 Å². The Bertz CT molecular complexity index is 451. The van der Waals surface area contributed by atoms with Gasteiger partial charge in [0.1, 0.15) is 0 Å². The average molecular weight is 285 g/mol. The van der Waals surface area contributed by atoms with E-state index in [0.717, 1.165) is 25.0 Å². The van der Waals surface area contributed by atoms with Gasteiger partial charge in [-0.25, -0.2) is 8.78 Å². The number of aliphatic hydroxyl groups excluding tert-OH is 1. The Labute approximate surface area is 118 Å². The van der Waals surface area contributed by atoms with E-state index in [1.54, 1.807) is 6.92 Å². The molecule has 0 aromatic heterocycles. The zero-order valence-corrected chi connectivity index (χ0v) is 11.9. The first-order chi connectivity index (χ1) is 9.51. The van der Waals surface area contributed by atoms with Gasteiger partial charge in [-0.2, -0.15) is 0 Å². The largest absolute Gasteiger partial charge is 0.395 e. The third kappa shape index (κ3) is 4.35. The minimum atomic E-state index is -1.02. The summed E-state index contributed by atoms with van der Waals surface area (Å²) in [6.45, 7) is 4.79. The van der Waals surface area contributed by atoms with Gasteiger partial charge in [-0.05, 0) is 38.1 Å². The summed E-state index contributed by atoms with van der Waals surface area (Å²) in [5.74, 6) is -2.26. The number of unbranched alkanes of at least 4 members (excludes halogenated alkanes) is 1. The van der Waals surface area contributed by atoms with Crippen molar-refractivity contribution in [2.24, 2.45) is 0 Å². The first kappa shape index (κ1) is 16.7. The quantitative estimate of drug-likeness (QED) is 0.746. The number of ketones is 1. The molecule has 0 saturated heterocycles. The highest BCUT2D eigenvalue weighted by molar-refractivity contribution is 5.99. The van der Waals surface area contributed by atoms with Crippen molar-refractivity contribution in [3.05, 3.63) is 35.4 Å². The maximum atomic E-state index is 13.2. The van der Waals surface area contributed by atoms with Crippen LogP contribution in [0.5, 0.6) is 0 Å². The molecular weight excluding hydrogens is 264 g/mol. The number of carbonyl (C=O) groups is 1. The maximum Gasteiger partial charge on any atom is 0.179 e. The predicted molar refractivity (Wildman–Crippen MR) is 73.7 cm³/mol. The lowest BCUT2D eigenvalue weighted by Gasteiger charge is -2.27. The number of aliphatic hydroxyl groups is 1. The van der Waals surface area contributed by atoms with Crippen LogP contribution in [0.2, 0.25) is 0 Å². The summed E-state index contributed by atoms with van der Waals surface area (Å²) in [7, 11) is 0. The molecule has 1 rings (SSSR count). The van der Waals surface area contributed by atoms with Gasteiger partial charge in [0, 0.05) is 12.1 Å². The van der Waals surface area contributed by atoms with E-state index in [1.807, 2.05) is 11.8 Å². The van der Waals surface area contributed by atoms with Crippen molar-refractivity contribution in [2.45, 2.75) is 32.7 Å². The molecule has 112 valence electrons. The Balaban J connectivity index is 2.83. The van der Waals surface area contributed by atoms with Crippen molar-refractivity contribution in [2.75, 3.05) is 19.7 Å². The van der Waals surface area contributed by atoms with E-state index in [9.17, 15) is 13.6 Å². The number of nitrogens with zero attached hydrogens (tertiary/aromatic N) is 1. The molecule has 1 aromatic rings. The zero-order chi connectivity index (χ0) is 15.1. The summed E-state index contributed by atoms with van der Waals surface area (Å²) in [4.78, 5) is 14.1. The number of halogens is 2. The van der Waals surface area contributed by atoms with E-state index in [-0.39, 0.29) is 18.0 Å². The molecule has 1 N–H and O–H groups in total. The normalized spacial score (nSPS) is 12.7. The lowest BCUT2D eigenvalue weighted by molar-refractivity contribution is 0.0804. The Morgan fingerprint density at radius 3 is 2.55 bits per heavy atom. The van der Waals surface area contributed by atoms with Crippen LogP contribution in [0.3, 0.4) is 0 Å². The molecule has 0 aliphatic rings. The molecule has 0 radical (unpaired) electrons. The highest BCUT2D eigenvalue weighted by atomic mass is 19.2. The number of hydrogen-bond acceptors (Lipinski definition) is 3. The number of Topliss-reactive ketones (excluding diaryl/α,β-unsaturated/α-hetero) is 1. The van der Waals surface area contributed by atoms with E-state index >= 15 is 0 Å². The second-order valence-corrected chi connectivity index (χ2v) is 4.78. The number of hydrogen-bond donors (Lipinski definition) is 1. The zero-order valence-electron chi connectivity index (χ0n) is 11.9. The molecule has 20 heavy (non-hydrogen) atoms. The Morgan fingerprint density at radius 2 is 2.00 bits per heavy atom. The van der Waals surface area contributed by atoms with Gasteiger partial charge in [-0.3, -0.25) is 9.69 Å². The van der Waals surface area contributed by atoms with Crippen LogP contribution < -0.4 is 0 Å². The van der Waals surface area contributed by atoms with Gasteiger partial charge in [0.05, 0.1) is 12.6 Å². The van der Waals surface area contributed by atoms with Crippen LogP contribution in [0.1, 0.15) is 37.0 Å². The Morgan fingerprint density at radius 1 is 1.30 bits per heavy atom. The molecule has 3 nitrogen and oxygen atoms in total. The molecule has 0 aliphatic carbocycles. The number of carbonyl (C=O) groups excluding carboxylic acids is 1. The molecule has 1 aromatic carbocycles. The summed E-state index contributed by atoms with van der Waals surface area (Å²) in [6, 6.07) is 2.69. The summed E-state index contributed by atoms with van der Waals surface area (Å²) in [6.07, 6.45) is 1.89. The Hall–Kier alpha value is -1.33. The lowest BCUT2D eigenvalue weighted by Crippen LogP contribution is -2.41. The van der Waals surface area contributed by atoms with Crippen LogP contribution in [-0.2, 0) is 0 Å². The van der Waals surface area contributed by atoms with E-state index in [4.69, 9.17) is 5.11 Å². The summed E-state index contributed by atoms with van der Waals surface area (Å²) < 4.78 is 26.1. The summed E-state index contributed by atoms with van der Waals surface area (Å²) >= 11 is 0. The fourth-order valence-electron chi connectivity index (χ4n) is 2.05. The first-order valence-corrected chi connectivity index (χ1v) is 6.85. The van der Waals surface area contributed by atoms with Gasteiger partial charge in [0.2, 0.25) is 0 Å². The molecular formula is C15H21F2NO2. The number of rotatable bonds is 8. The molecule has 1 unspecified atom stereocenters. The minimum absolute atomic E-state index is 0.0425. The summed E-state index contributed by atoms with van der Waals surface area (Å²) in [5.41, 5.74) is 0.149. The SMILES string of the molecule is CCCCN(CCO)C(C)C(=O)c1ccc(F)c(F)c1. The van der Waals surface area contributed by atoms with Crippen molar-refractivity contribution < 1.29 is 18.7 Å². The molecule has 0 spiro atoms. The molecule has 0 heterocycles. The molecule has 0 saturated carbocycles. The second-order valence-electron chi connectivity index (χ2n) is 4.78. The van der Waals surface area contributed by atoms with Crippen molar-refractivity contribution in [1.29, 1.82) is 0 Å². The predicted octanol–water partition coefficient (Wildman–Crippen LogP) is 2.63. The average Bonchev–Trinajstić information content (AvgIpc) is 2.45. The van der Waals surface area contributed by atoms with Gasteiger partial charge in [0.15, 0.2) is 17.4 Å². The highest BCUT2D eigenvalue weighted by Gasteiger charge is 2.22. The molecule has 1 atom stereocenters. The van der Waals surface area contributed by atoms with E-state index in [1.165, 1.54) is 6.07 Å². The van der Waals surface area contributed by atoms with E-state index < -0.39 is 17.7 Å². The van der Waals surface area contributed by atoms with Gasteiger partial charge in [-0.1, -0.05) is 13.3 Å². The Kier molecular flexibility index (Phi) is 6.75. The molecule has 0 amide bonds. The van der Waals surface area contributed by atoms with Crippen LogP contribution in [-0.4, -0.2) is 41.5 Å². The van der Waals surface area contributed by atoms with Gasteiger partial charge in [0.25, 0.3) is 0 Å². The molecule has 0 bridgehead atoms. The lowest BCUT2D eigenvalue weighted by atomic mass is 10.0. The van der Waals surface area contributed by atoms with Crippen molar-refractivity contribution in [3.8, 4) is 0 Å². The number of benzene rings is 1. The molecule has 0 aliphatic heterocycles. The smallest absolute Gasteiger partial charge is 0.179 e. The first-order valence-electron chi connectivity index (χ1n) is 6.85. The fourth-order valence-corrected chi connectivity index (χ4v) is 2.05. The van der Waals surface area contributed by atoms with Gasteiger partial charge < -0.3 is 5.11 Å². The fraction of sp³-hybridized carbons (Fsp3) is 0.533. The van der Waals surface area contributed by atoms with E-state index in [2.05, 4.69) is 0 Å². The highest BCUT2D eigenvalue weighted by Crippen LogP contribution is 2.14. The van der Waals surface area contributed by atoms with Crippen molar-refractivity contribution in [3.63, 3.8) is 0 Å². The van der Waals surface area contributed by atoms with Crippen molar-refractivity contribution in [1.82, 2.24) is 4.90 Å². The topological polar surface area (TPSA) is 40.5 Å². The van der Waals surface area contributed by atoms with E-state index in [0.29, 0.717) is 13.1 Å². The molecule has 0 fully saturated rings. The van der Waals surface area contributed by atoms with Crippen LogP contribution in [0.25, 0.3) is 0 Å². The van der Waals surface area contributed by atoms with Gasteiger partial charge in [-0.15, -0.1) is 0 Å². The van der Waals surface area contributed by atoms with Crippen LogP contribution >= 0.6 is 0 Å². The molecule has 5 heteroatoms. The monoisotopic (exact) mass is 285 g/mol. The van der Waals surface area contributed by atoms with Crippen LogP contribution in [0.4, 0.5) is 8.78 Å². The van der Waals surface area contributed by atoms with Crippen molar-refractivity contribution >= 4 is 5.78 Å². The third-order valence-corrected chi connectivity index (χ3v) is 3.32. The maximum absolute atomic E-state index is 13.2. The second kappa shape index (κ2) is 8.07. The summed E-state index contributed by atoms with van der Waals surface area (Å²) in [5, 5.41) is 9.06. The van der Waals surface area contributed by atoms with Crippen LogP contribution in [0.15, 0.2) is 18.2 Å². The minimum Gasteiger partial charge on any atom is -0.395 e. The van der Waals surface area contributed by atoms with Crippen LogP contribution in [0, 0.1) is 11.6 Å².